The highest BCUT2D eigenvalue weighted by molar-refractivity contribution is 5.95. The Labute approximate surface area is 154 Å². The van der Waals surface area contributed by atoms with Crippen LogP contribution in [0.3, 0.4) is 0 Å². The summed E-state index contributed by atoms with van der Waals surface area (Å²) < 4.78 is 0. The summed E-state index contributed by atoms with van der Waals surface area (Å²) in [5, 5.41) is 12.0. The van der Waals surface area contributed by atoms with E-state index >= 15 is 0 Å². The van der Waals surface area contributed by atoms with Gasteiger partial charge in [-0.1, -0.05) is 31.2 Å². The molecule has 0 fully saturated rings. The molecule has 0 atom stereocenters. The quantitative estimate of drug-likeness (QED) is 0.862. The van der Waals surface area contributed by atoms with Crippen molar-refractivity contribution >= 4 is 23.2 Å². The molecule has 0 saturated heterocycles. The van der Waals surface area contributed by atoms with Crippen LogP contribution in [0.4, 0.5) is 11.4 Å². The Kier molecular flexibility index (Phi) is 6.51. The molecule has 26 heavy (non-hydrogen) atoms. The van der Waals surface area contributed by atoms with Gasteiger partial charge in [-0.3, -0.25) is 9.59 Å². The molecule has 0 aliphatic carbocycles. The molecule has 0 aliphatic heterocycles. The maximum absolute atomic E-state index is 12.4. The van der Waals surface area contributed by atoms with Crippen LogP contribution in [0.25, 0.3) is 0 Å². The van der Waals surface area contributed by atoms with Crippen molar-refractivity contribution in [2.45, 2.75) is 33.6 Å². The molecule has 0 unspecified atom stereocenters. The Hall–Kier alpha value is -3.13. The van der Waals surface area contributed by atoms with E-state index < -0.39 is 0 Å². The molecule has 0 heterocycles. The van der Waals surface area contributed by atoms with E-state index in [-0.39, 0.29) is 24.8 Å². The molecule has 134 valence electrons. The third-order valence-electron chi connectivity index (χ3n) is 4.23. The number of nitrogens with one attached hydrogen (secondary N) is 1. The number of nitriles is 1. The van der Waals surface area contributed by atoms with Gasteiger partial charge in [-0.25, -0.2) is 0 Å². The largest absolute Gasteiger partial charge is 0.326 e. The van der Waals surface area contributed by atoms with Crippen LogP contribution < -0.4 is 10.2 Å². The molecule has 2 aromatic rings. The first-order valence-corrected chi connectivity index (χ1v) is 8.62. The van der Waals surface area contributed by atoms with Gasteiger partial charge in [0.15, 0.2) is 0 Å². The number of carbonyl (C=O) groups is 2. The fourth-order valence-corrected chi connectivity index (χ4v) is 2.83. The predicted octanol–water partition coefficient (Wildman–Crippen LogP) is 3.81. The second-order valence-electron chi connectivity index (χ2n) is 6.09. The van der Waals surface area contributed by atoms with E-state index in [1.165, 1.54) is 11.8 Å². The van der Waals surface area contributed by atoms with E-state index in [1.807, 2.05) is 32.0 Å². The number of hydrogen-bond donors (Lipinski definition) is 1. The van der Waals surface area contributed by atoms with E-state index in [2.05, 4.69) is 11.4 Å². The molecule has 0 aliphatic rings. The third-order valence-corrected chi connectivity index (χ3v) is 4.23. The maximum Gasteiger partial charge on any atom is 0.226 e. The van der Waals surface area contributed by atoms with Crippen molar-refractivity contribution in [3.8, 4) is 6.07 Å². The lowest BCUT2D eigenvalue weighted by Crippen LogP contribution is -2.32. The minimum Gasteiger partial charge on any atom is -0.326 e. The van der Waals surface area contributed by atoms with Crippen molar-refractivity contribution in [1.29, 1.82) is 5.26 Å². The zero-order valence-corrected chi connectivity index (χ0v) is 15.4. The van der Waals surface area contributed by atoms with Crippen molar-refractivity contribution < 1.29 is 9.59 Å². The van der Waals surface area contributed by atoms with Crippen molar-refractivity contribution in [2.24, 2.45) is 0 Å². The smallest absolute Gasteiger partial charge is 0.226 e. The number of carbonyl (C=O) groups excluding carboxylic acids is 2. The Morgan fingerprint density at radius 1 is 1.19 bits per heavy atom. The molecule has 0 radical (unpaired) electrons. The van der Waals surface area contributed by atoms with Gasteiger partial charge in [0.05, 0.1) is 11.6 Å². The molecule has 5 nitrogen and oxygen atoms in total. The van der Waals surface area contributed by atoms with Gasteiger partial charge in [0, 0.05) is 31.3 Å². The number of benzene rings is 2. The minimum atomic E-state index is -0.168. The normalized spacial score (nSPS) is 10.1. The second-order valence-corrected chi connectivity index (χ2v) is 6.09. The molecule has 0 spiro atoms. The lowest BCUT2D eigenvalue weighted by molar-refractivity contribution is -0.117. The number of amides is 2. The van der Waals surface area contributed by atoms with Gasteiger partial charge in [-0.15, -0.1) is 0 Å². The van der Waals surface area contributed by atoms with E-state index in [0.717, 1.165) is 23.2 Å². The van der Waals surface area contributed by atoms with Gasteiger partial charge in [0.2, 0.25) is 11.8 Å². The van der Waals surface area contributed by atoms with Crippen molar-refractivity contribution in [3.63, 3.8) is 0 Å². The van der Waals surface area contributed by atoms with Crippen LogP contribution in [0, 0.1) is 18.3 Å². The molecule has 0 bridgehead atoms. The lowest BCUT2D eigenvalue weighted by Gasteiger charge is -2.21. The summed E-state index contributed by atoms with van der Waals surface area (Å²) in [6, 6.07) is 14.8. The number of para-hydroxylation sites is 1. The highest BCUT2D eigenvalue weighted by Gasteiger charge is 2.15. The Bertz CT molecular complexity index is 853. The van der Waals surface area contributed by atoms with Crippen LogP contribution >= 0.6 is 0 Å². The van der Waals surface area contributed by atoms with Gasteiger partial charge in [0.25, 0.3) is 0 Å². The van der Waals surface area contributed by atoms with Crippen LogP contribution in [0.1, 0.15) is 37.0 Å². The molecule has 1 N–H and O–H groups in total. The summed E-state index contributed by atoms with van der Waals surface area (Å²) in [5.41, 5.74) is 4.05. The molecule has 5 heteroatoms. The van der Waals surface area contributed by atoms with Crippen molar-refractivity contribution in [3.05, 3.63) is 59.2 Å². The standard InChI is InChI=1S/C21H23N3O2/c1-4-18-9-5-7-15(2)21(18)23-20(26)11-12-24(16(3)25)19-10-6-8-17(13-19)14-22/h5-10,13H,4,11-12H2,1-3H3,(H,23,26). The first-order chi connectivity index (χ1) is 12.5. The SMILES string of the molecule is CCc1cccc(C)c1NC(=O)CCN(C(C)=O)c1cccc(C#N)c1. The Morgan fingerprint density at radius 3 is 2.58 bits per heavy atom. The number of rotatable bonds is 6. The van der Waals surface area contributed by atoms with E-state index in [4.69, 9.17) is 5.26 Å². The number of aryl methyl sites for hydroxylation is 2. The van der Waals surface area contributed by atoms with Gasteiger partial charge >= 0.3 is 0 Å². The van der Waals surface area contributed by atoms with Gasteiger partial charge in [-0.05, 0) is 42.7 Å². The fourth-order valence-electron chi connectivity index (χ4n) is 2.83. The topological polar surface area (TPSA) is 73.2 Å². The summed E-state index contributed by atoms with van der Waals surface area (Å²) in [6.07, 6.45) is 1.01. The summed E-state index contributed by atoms with van der Waals surface area (Å²) in [6.45, 7) is 5.71. The van der Waals surface area contributed by atoms with Crippen LogP contribution in [-0.4, -0.2) is 18.4 Å². The van der Waals surface area contributed by atoms with Gasteiger partial charge < -0.3 is 10.2 Å². The number of hydrogen-bond acceptors (Lipinski definition) is 3. The number of anilines is 2. The molecule has 2 rings (SSSR count). The van der Waals surface area contributed by atoms with Crippen LogP contribution in [-0.2, 0) is 16.0 Å². The Balaban J connectivity index is 2.09. The molecule has 2 aromatic carbocycles. The molecular formula is C21H23N3O2. The number of nitrogens with zero attached hydrogens (tertiary/aromatic N) is 2. The summed E-state index contributed by atoms with van der Waals surface area (Å²) in [5.74, 6) is -0.310. The van der Waals surface area contributed by atoms with E-state index in [0.29, 0.717) is 11.3 Å². The van der Waals surface area contributed by atoms with Crippen LogP contribution in [0.5, 0.6) is 0 Å². The average Bonchev–Trinajstić information content (AvgIpc) is 2.63. The average molecular weight is 349 g/mol. The monoisotopic (exact) mass is 349 g/mol. The van der Waals surface area contributed by atoms with Crippen molar-refractivity contribution in [1.82, 2.24) is 0 Å². The first kappa shape index (κ1) is 19.2. The third kappa shape index (κ3) is 4.70. The fraction of sp³-hybridized carbons (Fsp3) is 0.286. The zero-order valence-electron chi connectivity index (χ0n) is 15.4. The lowest BCUT2D eigenvalue weighted by atomic mass is 10.1. The van der Waals surface area contributed by atoms with Gasteiger partial charge in [-0.2, -0.15) is 5.26 Å². The van der Waals surface area contributed by atoms with Crippen LogP contribution in [0.2, 0.25) is 0 Å². The summed E-state index contributed by atoms with van der Waals surface area (Å²) in [7, 11) is 0. The maximum atomic E-state index is 12.4. The molecule has 2 amide bonds. The van der Waals surface area contributed by atoms with Crippen LogP contribution in [0.15, 0.2) is 42.5 Å². The highest BCUT2D eigenvalue weighted by Crippen LogP contribution is 2.22. The highest BCUT2D eigenvalue weighted by atomic mass is 16.2. The van der Waals surface area contributed by atoms with E-state index in [1.54, 1.807) is 24.3 Å². The molecular weight excluding hydrogens is 326 g/mol. The van der Waals surface area contributed by atoms with Gasteiger partial charge in [0.1, 0.15) is 0 Å². The predicted molar refractivity (Wildman–Crippen MR) is 103 cm³/mol. The molecule has 0 aromatic heterocycles. The second kappa shape index (κ2) is 8.82. The van der Waals surface area contributed by atoms with E-state index in [9.17, 15) is 9.59 Å². The summed E-state index contributed by atoms with van der Waals surface area (Å²) in [4.78, 5) is 25.9. The van der Waals surface area contributed by atoms with Crippen molar-refractivity contribution in [2.75, 3.05) is 16.8 Å². The Morgan fingerprint density at radius 2 is 1.92 bits per heavy atom. The zero-order chi connectivity index (χ0) is 19.1. The summed E-state index contributed by atoms with van der Waals surface area (Å²) >= 11 is 0. The molecule has 0 saturated carbocycles. The minimum absolute atomic E-state index is 0.142. The first-order valence-electron chi connectivity index (χ1n) is 8.62.